The molecule has 0 aromatic carbocycles. The van der Waals surface area contributed by atoms with E-state index in [9.17, 15) is 0 Å². The van der Waals surface area contributed by atoms with E-state index in [0.717, 1.165) is 13.1 Å². The molecular weight excluding hydrogens is 268 g/mol. The number of nitrogens with two attached hydrogens (primary N) is 1. The van der Waals surface area contributed by atoms with Crippen molar-refractivity contribution in [3.05, 3.63) is 21.9 Å². The second kappa shape index (κ2) is 5.41. The van der Waals surface area contributed by atoms with Gasteiger partial charge in [-0.2, -0.15) is 0 Å². The Balaban J connectivity index is 1.78. The number of nitrogens with zero attached hydrogens (tertiary/aromatic N) is 1. The highest BCUT2D eigenvalue weighted by atomic mass is 32.1. The minimum Gasteiger partial charge on any atom is -0.372 e. The summed E-state index contributed by atoms with van der Waals surface area (Å²) in [5.41, 5.74) is 6.32. The van der Waals surface area contributed by atoms with Crippen LogP contribution in [0.4, 0.5) is 0 Å². The first-order valence-electron chi connectivity index (χ1n) is 7.67. The summed E-state index contributed by atoms with van der Waals surface area (Å²) in [6.07, 6.45) is 3.31. The van der Waals surface area contributed by atoms with E-state index >= 15 is 0 Å². The molecule has 0 saturated carbocycles. The van der Waals surface area contributed by atoms with E-state index < -0.39 is 0 Å². The Morgan fingerprint density at radius 2 is 1.95 bits per heavy atom. The van der Waals surface area contributed by atoms with Gasteiger partial charge in [0.15, 0.2) is 0 Å². The fourth-order valence-corrected chi connectivity index (χ4v) is 4.49. The summed E-state index contributed by atoms with van der Waals surface area (Å²) in [6, 6.07) is 4.92. The molecule has 3 unspecified atom stereocenters. The van der Waals surface area contributed by atoms with Crippen molar-refractivity contribution in [1.29, 1.82) is 0 Å². The van der Waals surface area contributed by atoms with E-state index in [4.69, 9.17) is 10.5 Å². The lowest BCUT2D eigenvalue weighted by Crippen LogP contribution is -2.46. The fourth-order valence-electron chi connectivity index (χ4n) is 3.28. The Labute approximate surface area is 126 Å². The summed E-state index contributed by atoms with van der Waals surface area (Å²) in [7, 11) is 0. The Kier molecular flexibility index (Phi) is 3.93. The van der Waals surface area contributed by atoms with E-state index in [1.54, 1.807) is 0 Å². The van der Waals surface area contributed by atoms with Crippen molar-refractivity contribution in [2.24, 2.45) is 5.73 Å². The largest absolute Gasteiger partial charge is 0.372 e. The van der Waals surface area contributed by atoms with Crippen LogP contribution < -0.4 is 5.73 Å². The zero-order chi connectivity index (χ0) is 14.3. The van der Waals surface area contributed by atoms with Crippen LogP contribution in [0.2, 0.25) is 0 Å². The van der Waals surface area contributed by atoms with Gasteiger partial charge in [0, 0.05) is 29.4 Å². The SMILES string of the molecule is CC(C)(C)c1ccc(C(CN)N2CC3CCC(C2)O3)s1. The first-order valence-corrected chi connectivity index (χ1v) is 8.49. The summed E-state index contributed by atoms with van der Waals surface area (Å²) in [6.45, 7) is 9.60. The van der Waals surface area contributed by atoms with E-state index in [0.29, 0.717) is 24.8 Å². The number of hydrogen-bond acceptors (Lipinski definition) is 4. The topological polar surface area (TPSA) is 38.5 Å². The van der Waals surface area contributed by atoms with Crippen molar-refractivity contribution in [2.45, 2.75) is 57.3 Å². The highest BCUT2D eigenvalue weighted by Gasteiger charge is 2.37. The van der Waals surface area contributed by atoms with Crippen molar-refractivity contribution in [1.82, 2.24) is 4.90 Å². The molecule has 20 heavy (non-hydrogen) atoms. The number of likely N-dealkylation sites (tertiary alicyclic amines) is 1. The third-order valence-electron chi connectivity index (χ3n) is 4.43. The number of rotatable bonds is 3. The molecule has 3 rings (SSSR count). The van der Waals surface area contributed by atoms with Crippen LogP contribution in [-0.2, 0) is 10.2 Å². The Morgan fingerprint density at radius 3 is 2.45 bits per heavy atom. The van der Waals surface area contributed by atoms with E-state index in [2.05, 4.69) is 37.8 Å². The van der Waals surface area contributed by atoms with Gasteiger partial charge >= 0.3 is 0 Å². The molecule has 112 valence electrons. The van der Waals surface area contributed by atoms with Gasteiger partial charge in [-0.05, 0) is 30.4 Å². The van der Waals surface area contributed by atoms with Crippen LogP contribution in [0, 0.1) is 0 Å². The smallest absolute Gasteiger partial charge is 0.0707 e. The zero-order valence-electron chi connectivity index (χ0n) is 12.8. The minimum atomic E-state index is 0.228. The van der Waals surface area contributed by atoms with Crippen LogP contribution in [0.3, 0.4) is 0 Å². The lowest BCUT2D eigenvalue weighted by Gasteiger charge is -2.37. The van der Waals surface area contributed by atoms with Crippen LogP contribution >= 0.6 is 11.3 Å². The quantitative estimate of drug-likeness (QED) is 0.931. The number of fused-ring (bicyclic) bond motifs is 2. The maximum absolute atomic E-state index is 6.09. The molecule has 4 heteroatoms. The van der Waals surface area contributed by atoms with Crippen molar-refractivity contribution in [3.8, 4) is 0 Å². The van der Waals surface area contributed by atoms with Crippen LogP contribution in [0.15, 0.2) is 12.1 Å². The average molecular weight is 294 g/mol. The number of morpholine rings is 1. The Bertz CT molecular complexity index is 453. The molecule has 2 aliphatic rings. The summed E-state index contributed by atoms with van der Waals surface area (Å²) in [5, 5.41) is 0. The predicted octanol–water partition coefficient (Wildman–Crippen LogP) is 2.91. The molecule has 0 radical (unpaired) electrons. The van der Waals surface area contributed by atoms with Gasteiger partial charge in [-0.3, -0.25) is 4.90 Å². The van der Waals surface area contributed by atoms with E-state index in [1.807, 2.05) is 11.3 Å². The molecule has 3 nitrogen and oxygen atoms in total. The molecule has 3 heterocycles. The second-order valence-electron chi connectivity index (χ2n) is 7.11. The van der Waals surface area contributed by atoms with Crippen molar-refractivity contribution < 1.29 is 4.74 Å². The summed E-state index contributed by atoms with van der Waals surface area (Å²) in [4.78, 5) is 5.41. The zero-order valence-corrected chi connectivity index (χ0v) is 13.6. The molecule has 1 aromatic heterocycles. The van der Waals surface area contributed by atoms with Crippen LogP contribution in [0.1, 0.15) is 49.4 Å². The van der Waals surface area contributed by atoms with E-state index in [-0.39, 0.29) is 5.41 Å². The highest BCUT2D eigenvalue weighted by molar-refractivity contribution is 7.12. The summed E-state index contributed by atoms with van der Waals surface area (Å²) >= 11 is 1.93. The standard InChI is InChI=1S/C16H26N2OS/c1-16(2,3)15-7-6-14(20-15)13(8-17)18-9-11-4-5-12(10-18)19-11/h6-7,11-13H,4-5,8-10,17H2,1-3H3. The van der Waals surface area contributed by atoms with Gasteiger partial charge in [0.25, 0.3) is 0 Å². The maximum Gasteiger partial charge on any atom is 0.0707 e. The first kappa shape index (κ1) is 14.5. The number of hydrogen-bond donors (Lipinski definition) is 1. The lowest BCUT2D eigenvalue weighted by atomic mass is 9.95. The highest BCUT2D eigenvalue weighted by Crippen LogP contribution is 2.36. The molecule has 2 saturated heterocycles. The summed E-state index contributed by atoms with van der Waals surface area (Å²) < 4.78 is 5.94. The fraction of sp³-hybridized carbons (Fsp3) is 0.750. The molecule has 3 atom stereocenters. The predicted molar refractivity (Wildman–Crippen MR) is 84.3 cm³/mol. The first-order chi connectivity index (χ1) is 9.47. The Morgan fingerprint density at radius 1 is 1.30 bits per heavy atom. The van der Waals surface area contributed by atoms with Crippen LogP contribution in [-0.4, -0.2) is 36.7 Å². The van der Waals surface area contributed by atoms with Crippen molar-refractivity contribution in [2.75, 3.05) is 19.6 Å². The molecule has 0 spiro atoms. The van der Waals surface area contributed by atoms with Gasteiger partial charge in [0.05, 0.1) is 18.2 Å². The van der Waals surface area contributed by atoms with Crippen molar-refractivity contribution >= 4 is 11.3 Å². The molecule has 2 N–H and O–H groups in total. The summed E-state index contributed by atoms with van der Waals surface area (Å²) in [5.74, 6) is 0. The van der Waals surface area contributed by atoms with Crippen molar-refractivity contribution in [3.63, 3.8) is 0 Å². The molecular formula is C16H26N2OS. The van der Waals surface area contributed by atoms with Crippen LogP contribution in [0.5, 0.6) is 0 Å². The molecule has 2 aliphatic heterocycles. The van der Waals surface area contributed by atoms with Gasteiger partial charge in [0.2, 0.25) is 0 Å². The van der Waals surface area contributed by atoms with Gasteiger partial charge < -0.3 is 10.5 Å². The lowest BCUT2D eigenvalue weighted by molar-refractivity contribution is -0.0516. The van der Waals surface area contributed by atoms with Gasteiger partial charge in [0.1, 0.15) is 0 Å². The monoisotopic (exact) mass is 294 g/mol. The third kappa shape index (κ3) is 2.80. The van der Waals surface area contributed by atoms with Gasteiger partial charge in [-0.1, -0.05) is 20.8 Å². The van der Waals surface area contributed by atoms with Gasteiger partial charge in [-0.15, -0.1) is 11.3 Å². The maximum atomic E-state index is 6.09. The molecule has 1 aromatic rings. The number of thiophene rings is 1. The van der Waals surface area contributed by atoms with E-state index in [1.165, 1.54) is 22.6 Å². The van der Waals surface area contributed by atoms with Gasteiger partial charge in [-0.25, -0.2) is 0 Å². The molecule has 2 fully saturated rings. The molecule has 2 bridgehead atoms. The molecule has 0 amide bonds. The average Bonchev–Trinajstić information content (AvgIpc) is 2.97. The number of ether oxygens (including phenoxy) is 1. The Hall–Kier alpha value is -0.420. The normalized spacial score (nSPS) is 28.8. The third-order valence-corrected chi connectivity index (χ3v) is 6.04. The molecule has 0 aliphatic carbocycles. The minimum absolute atomic E-state index is 0.228. The second-order valence-corrected chi connectivity index (χ2v) is 8.23. The van der Waals surface area contributed by atoms with Crippen LogP contribution in [0.25, 0.3) is 0 Å².